The molecule has 1 saturated heterocycles. The van der Waals surface area contributed by atoms with Crippen LogP contribution in [0.1, 0.15) is 25.7 Å². The lowest BCUT2D eigenvalue weighted by atomic mass is 10.00. The van der Waals surface area contributed by atoms with E-state index in [4.69, 9.17) is 11.6 Å². The number of halogens is 1. The highest BCUT2D eigenvalue weighted by Crippen LogP contribution is 2.69. The summed E-state index contributed by atoms with van der Waals surface area (Å²) in [5, 5.41) is 9.44. The molecule has 0 bridgehead atoms. The van der Waals surface area contributed by atoms with Crippen molar-refractivity contribution in [3.8, 4) is 0 Å². The number of nitroso groups, excluding NO2 is 1. The third-order valence-electron chi connectivity index (χ3n) is 3.93. The second kappa shape index (κ2) is 8.41. The van der Waals surface area contributed by atoms with Gasteiger partial charge in [0.2, 0.25) is 0 Å². The van der Waals surface area contributed by atoms with Crippen LogP contribution in [0.2, 0.25) is 0 Å². The van der Waals surface area contributed by atoms with Gasteiger partial charge in [0.15, 0.2) is 0 Å². The normalized spacial score (nSPS) is 19.6. The van der Waals surface area contributed by atoms with Crippen LogP contribution in [0, 0.1) is 4.91 Å². The first-order chi connectivity index (χ1) is 11.4. The Morgan fingerprint density at radius 1 is 1.24 bits per heavy atom. The number of aliphatic hydroxyl groups is 1. The Kier molecular flexibility index (Phi) is 7.55. The van der Waals surface area contributed by atoms with Crippen molar-refractivity contribution in [2.75, 3.05) is 19.0 Å². The average molecular weight is 424 g/mol. The molecule has 25 heavy (non-hydrogen) atoms. The Balaban J connectivity index is 3.15. The van der Waals surface area contributed by atoms with Crippen LogP contribution in [0.3, 0.4) is 0 Å². The molecule has 1 heterocycles. The zero-order chi connectivity index (χ0) is 19.5. The van der Waals surface area contributed by atoms with Gasteiger partial charge in [-0.3, -0.25) is 9.13 Å². The molecule has 2 amide bonds. The van der Waals surface area contributed by atoms with Gasteiger partial charge in [-0.15, -0.1) is 16.5 Å². The van der Waals surface area contributed by atoms with Crippen LogP contribution in [0.25, 0.3) is 0 Å². The molecule has 0 spiro atoms. The third kappa shape index (κ3) is 4.99. The van der Waals surface area contributed by atoms with Crippen molar-refractivity contribution >= 4 is 32.8 Å². The predicted octanol–water partition coefficient (Wildman–Crippen LogP) is 0.575. The summed E-state index contributed by atoms with van der Waals surface area (Å²) in [6.07, 6.45) is 0.0689. The van der Waals surface area contributed by atoms with Gasteiger partial charge in [-0.25, -0.2) is 4.79 Å². The summed E-state index contributed by atoms with van der Waals surface area (Å²) < 4.78 is 23.0. The van der Waals surface area contributed by atoms with Gasteiger partial charge in [-0.05, 0) is 19.3 Å². The third-order valence-corrected chi connectivity index (χ3v) is 7.89. The molecule has 15 heteroatoms. The summed E-state index contributed by atoms with van der Waals surface area (Å²) in [6, 6.07) is -2.02. The van der Waals surface area contributed by atoms with Gasteiger partial charge < -0.3 is 29.6 Å². The number of hydrogen-bond acceptors (Lipinski definition) is 6. The molecule has 1 atom stereocenters. The van der Waals surface area contributed by atoms with Crippen LogP contribution in [0.5, 0.6) is 0 Å². The van der Waals surface area contributed by atoms with E-state index in [1.54, 1.807) is 0 Å². The number of carbonyl (C=O) groups is 1. The molecule has 1 unspecified atom stereocenters. The first-order valence-corrected chi connectivity index (χ1v) is 11.0. The molecule has 1 fully saturated rings. The average Bonchev–Trinajstić information content (AvgIpc) is 2.50. The van der Waals surface area contributed by atoms with Crippen molar-refractivity contribution in [2.24, 2.45) is 5.29 Å². The summed E-state index contributed by atoms with van der Waals surface area (Å²) >= 11 is 5.46. The maximum Gasteiger partial charge on any atom is 0.369 e. The second-order valence-corrected chi connectivity index (χ2v) is 9.97. The predicted molar refractivity (Wildman–Crippen MR) is 86.6 cm³/mol. The lowest BCUT2D eigenvalue weighted by molar-refractivity contribution is 0.0660. The van der Waals surface area contributed by atoms with Crippen molar-refractivity contribution in [2.45, 2.75) is 36.8 Å². The van der Waals surface area contributed by atoms with Crippen LogP contribution < -0.4 is 0 Å². The fourth-order valence-corrected chi connectivity index (χ4v) is 5.00. The summed E-state index contributed by atoms with van der Waals surface area (Å²) in [4.78, 5) is 61.1. The lowest BCUT2D eigenvalue weighted by Gasteiger charge is -2.40. The highest BCUT2D eigenvalue weighted by molar-refractivity contribution is 7.72. The number of nitrogens with zero attached hydrogens (tertiary/aromatic N) is 3. The Hall–Kier alpha value is -0.580. The van der Waals surface area contributed by atoms with Crippen LogP contribution in [-0.4, -0.2) is 70.7 Å². The molecule has 1 rings (SSSR count). The number of alkyl halides is 1. The fraction of sp³-hybridized carbons (Fsp3) is 0.900. The molecule has 1 aliphatic heterocycles. The number of amides is 2. The molecule has 0 aromatic carbocycles. The first kappa shape index (κ1) is 22.5. The maximum absolute atomic E-state index is 12.3. The topological polar surface area (TPSA) is 188 Å². The van der Waals surface area contributed by atoms with E-state index < -0.39 is 38.8 Å². The number of piperidine rings is 1. The van der Waals surface area contributed by atoms with Crippen LogP contribution >= 0.6 is 26.8 Å². The van der Waals surface area contributed by atoms with E-state index in [0.29, 0.717) is 17.9 Å². The van der Waals surface area contributed by atoms with Gasteiger partial charge in [0, 0.05) is 24.9 Å². The summed E-state index contributed by atoms with van der Waals surface area (Å²) in [5.74, 6) is -0.0924. The maximum atomic E-state index is 12.3. The van der Waals surface area contributed by atoms with Gasteiger partial charge >= 0.3 is 21.2 Å². The molecule has 1 aliphatic rings. The highest BCUT2D eigenvalue weighted by atomic mass is 35.5. The molecule has 0 radical (unpaired) electrons. The number of carbonyl (C=O) groups excluding carboxylic acids is 1. The molecular weight excluding hydrogens is 404 g/mol. The van der Waals surface area contributed by atoms with Crippen LogP contribution in [0.15, 0.2) is 5.29 Å². The molecule has 146 valence electrons. The Bertz CT molecular complexity index is 572. The highest BCUT2D eigenvalue weighted by Gasteiger charge is 2.60. The van der Waals surface area contributed by atoms with E-state index in [9.17, 15) is 43.5 Å². The van der Waals surface area contributed by atoms with Crippen molar-refractivity contribution in [1.29, 1.82) is 0 Å². The van der Waals surface area contributed by atoms with Crippen LogP contribution in [-0.2, 0) is 9.13 Å². The summed E-state index contributed by atoms with van der Waals surface area (Å²) in [6.45, 7) is -0.148. The molecule has 12 nitrogen and oxygen atoms in total. The standard InChI is InChI=1S/C10H20ClN3O9P2/c11-4-6-14(12-17)9(15)13-5-2-1-3-8(13)7-10(16,24(18,19)20)25(21,22)23/h8,16H,1-7H2,(H2,18,19,20)(H2,21,22,23). The van der Waals surface area contributed by atoms with Crippen molar-refractivity contribution < 1.29 is 38.6 Å². The van der Waals surface area contributed by atoms with Crippen molar-refractivity contribution in [1.82, 2.24) is 9.91 Å². The van der Waals surface area contributed by atoms with Gasteiger partial charge in [-0.2, -0.15) is 5.01 Å². The fourth-order valence-electron chi connectivity index (χ4n) is 2.59. The van der Waals surface area contributed by atoms with Gasteiger partial charge in [-0.1, -0.05) is 0 Å². The Morgan fingerprint density at radius 2 is 1.80 bits per heavy atom. The molecule has 0 aromatic heterocycles. The monoisotopic (exact) mass is 423 g/mol. The van der Waals surface area contributed by atoms with E-state index in [0.717, 1.165) is 4.90 Å². The minimum atomic E-state index is -5.64. The number of likely N-dealkylation sites (tertiary alicyclic amines) is 1. The minimum absolute atomic E-state index is 0.0657. The largest absolute Gasteiger partial charge is 0.369 e. The van der Waals surface area contributed by atoms with Crippen molar-refractivity contribution in [3.63, 3.8) is 0 Å². The smallest absolute Gasteiger partial charge is 0.367 e. The zero-order valence-corrected chi connectivity index (χ0v) is 15.6. The molecule has 5 N–H and O–H groups in total. The van der Waals surface area contributed by atoms with E-state index >= 15 is 0 Å². The lowest BCUT2D eigenvalue weighted by Crippen LogP contribution is -2.51. The van der Waals surface area contributed by atoms with E-state index in [-0.39, 0.29) is 25.4 Å². The molecule has 0 saturated carbocycles. The SMILES string of the molecule is O=NN(CCCl)C(=O)N1CCCCC1CC(O)(P(=O)(O)O)P(=O)(O)O. The minimum Gasteiger partial charge on any atom is -0.367 e. The summed E-state index contributed by atoms with van der Waals surface area (Å²) in [5.41, 5.74) is 0. The quantitative estimate of drug-likeness (QED) is 0.169. The summed E-state index contributed by atoms with van der Waals surface area (Å²) in [7, 11) is -11.3. The van der Waals surface area contributed by atoms with Crippen LogP contribution in [0.4, 0.5) is 4.79 Å². The Morgan fingerprint density at radius 3 is 2.24 bits per heavy atom. The number of hydrogen-bond donors (Lipinski definition) is 5. The Labute approximate surface area is 148 Å². The first-order valence-electron chi connectivity index (χ1n) is 7.20. The van der Waals surface area contributed by atoms with Crippen molar-refractivity contribution in [3.05, 3.63) is 4.91 Å². The second-order valence-electron chi connectivity index (χ2n) is 5.59. The van der Waals surface area contributed by atoms with Gasteiger partial charge in [0.1, 0.15) is 0 Å². The van der Waals surface area contributed by atoms with E-state index in [1.165, 1.54) is 0 Å². The number of rotatable bonds is 7. The van der Waals surface area contributed by atoms with Gasteiger partial charge in [0.25, 0.3) is 5.08 Å². The van der Waals surface area contributed by atoms with E-state index in [2.05, 4.69) is 5.29 Å². The zero-order valence-electron chi connectivity index (χ0n) is 13.0. The molecule has 0 aromatic rings. The molecule has 0 aliphatic carbocycles. The molecular formula is C10H20ClN3O9P2. The van der Waals surface area contributed by atoms with E-state index in [1.807, 2.05) is 0 Å². The number of urea groups is 1. The van der Waals surface area contributed by atoms with Gasteiger partial charge in [0.05, 0.1) is 11.8 Å².